The summed E-state index contributed by atoms with van der Waals surface area (Å²) in [5.41, 5.74) is 0.382. The Morgan fingerprint density at radius 2 is 1.85 bits per heavy atom. The van der Waals surface area contributed by atoms with Gasteiger partial charge >= 0.3 is 0 Å². The molecule has 0 N–H and O–H groups in total. The van der Waals surface area contributed by atoms with Crippen LogP contribution < -0.4 is 0 Å². The maximum atomic E-state index is 12.4. The lowest BCUT2D eigenvalue weighted by Gasteiger charge is -2.21. The van der Waals surface area contributed by atoms with Crippen LogP contribution in [0.3, 0.4) is 0 Å². The van der Waals surface area contributed by atoms with E-state index >= 15 is 0 Å². The highest BCUT2D eigenvalue weighted by Crippen LogP contribution is 2.18. The number of carbonyl (C=O) groups is 1. The molecular weight excluding hydrogens is 276 g/mol. The fourth-order valence-corrected chi connectivity index (χ4v) is 3.01. The lowest BCUT2D eigenvalue weighted by molar-refractivity contribution is 0.0802. The molecule has 112 valence electrons. The number of hydrogen-bond donors (Lipinski definition) is 0. The van der Waals surface area contributed by atoms with E-state index in [0.717, 1.165) is 0 Å². The molecule has 0 aliphatic heterocycles. The molecule has 1 aromatic rings. The van der Waals surface area contributed by atoms with E-state index in [9.17, 15) is 13.2 Å². The number of benzene rings is 1. The van der Waals surface area contributed by atoms with Crippen molar-refractivity contribution in [1.82, 2.24) is 9.21 Å². The van der Waals surface area contributed by atoms with Gasteiger partial charge in [0.25, 0.3) is 5.91 Å². The first-order valence-electron chi connectivity index (χ1n) is 6.55. The molecule has 0 aromatic heterocycles. The minimum atomic E-state index is -3.56. The van der Waals surface area contributed by atoms with Crippen molar-refractivity contribution in [2.24, 2.45) is 0 Å². The molecule has 0 unspecified atom stereocenters. The predicted octanol–water partition coefficient (Wildman–Crippen LogP) is 1.81. The van der Waals surface area contributed by atoms with Crippen molar-refractivity contribution >= 4 is 15.9 Å². The van der Waals surface area contributed by atoms with Crippen LogP contribution in [0.1, 0.15) is 31.1 Å². The Kier molecular flexibility index (Phi) is 5.30. The first-order valence-corrected chi connectivity index (χ1v) is 7.99. The summed E-state index contributed by atoms with van der Waals surface area (Å²) in [4.78, 5) is 13.8. The van der Waals surface area contributed by atoms with Crippen molar-refractivity contribution in [3.8, 4) is 0 Å². The van der Waals surface area contributed by atoms with Gasteiger partial charge in [-0.3, -0.25) is 4.79 Å². The Labute approximate surface area is 121 Å². The summed E-state index contributed by atoms with van der Waals surface area (Å²) in [6.45, 7) is 6.04. The molecule has 0 spiro atoms. The average molecular weight is 298 g/mol. The van der Waals surface area contributed by atoms with Gasteiger partial charge in [0.2, 0.25) is 10.0 Å². The zero-order valence-electron chi connectivity index (χ0n) is 12.6. The van der Waals surface area contributed by atoms with Gasteiger partial charge in [-0.2, -0.15) is 4.31 Å². The summed E-state index contributed by atoms with van der Waals surface area (Å²) in [7, 11) is -0.345. The third kappa shape index (κ3) is 3.37. The SMILES string of the molecule is CCN(C)C(=O)c1cccc(S(=O)(=O)N(C)C(C)C)c1. The largest absolute Gasteiger partial charge is 0.342 e. The van der Waals surface area contributed by atoms with E-state index in [1.165, 1.54) is 28.4 Å². The molecule has 0 bridgehead atoms. The summed E-state index contributed by atoms with van der Waals surface area (Å²) < 4.78 is 26.1. The summed E-state index contributed by atoms with van der Waals surface area (Å²) in [5, 5.41) is 0. The molecule has 0 atom stereocenters. The van der Waals surface area contributed by atoms with Crippen molar-refractivity contribution in [2.45, 2.75) is 31.7 Å². The van der Waals surface area contributed by atoms with Gasteiger partial charge < -0.3 is 4.90 Å². The second-order valence-corrected chi connectivity index (χ2v) is 6.96. The van der Waals surface area contributed by atoms with Crippen LogP contribution in [-0.2, 0) is 10.0 Å². The van der Waals surface area contributed by atoms with Crippen LogP contribution in [0.15, 0.2) is 29.2 Å². The van der Waals surface area contributed by atoms with Crippen molar-refractivity contribution in [3.05, 3.63) is 29.8 Å². The Hall–Kier alpha value is -1.40. The van der Waals surface area contributed by atoms with Gasteiger partial charge in [-0.25, -0.2) is 8.42 Å². The molecule has 0 saturated carbocycles. The number of sulfonamides is 1. The van der Waals surface area contributed by atoms with E-state index in [4.69, 9.17) is 0 Å². The molecule has 1 amide bonds. The van der Waals surface area contributed by atoms with Gasteiger partial charge in [0.15, 0.2) is 0 Å². The zero-order valence-corrected chi connectivity index (χ0v) is 13.4. The number of carbonyl (C=O) groups excluding carboxylic acids is 1. The van der Waals surface area contributed by atoms with Crippen LogP contribution >= 0.6 is 0 Å². The van der Waals surface area contributed by atoms with E-state index in [1.54, 1.807) is 33.0 Å². The van der Waals surface area contributed by atoms with Crippen LogP contribution in [0.5, 0.6) is 0 Å². The van der Waals surface area contributed by atoms with Crippen molar-refractivity contribution in [3.63, 3.8) is 0 Å². The van der Waals surface area contributed by atoms with Gasteiger partial charge in [0.05, 0.1) is 4.90 Å². The van der Waals surface area contributed by atoms with Crippen LogP contribution in [0.25, 0.3) is 0 Å². The second kappa shape index (κ2) is 6.37. The zero-order chi connectivity index (χ0) is 15.5. The lowest BCUT2D eigenvalue weighted by Crippen LogP contribution is -2.33. The molecule has 5 nitrogen and oxygen atoms in total. The summed E-state index contributed by atoms with van der Waals surface area (Å²) >= 11 is 0. The van der Waals surface area contributed by atoms with Crippen LogP contribution in [0.2, 0.25) is 0 Å². The summed E-state index contributed by atoms with van der Waals surface area (Å²) in [6, 6.07) is 6.03. The lowest BCUT2D eigenvalue weighted by atomic mass is 10.2. The Bertz CT molecular complexity index is 582. The number of amides is 1. The maximum absolute atomic E-state index is 12.4. The Morgan fingerprint density at radius 3 is 2.35 bits per heavy atom. The van der Waals surface area contributed by atoms with E-state index < -0.39 is 10.0 Å². The van der Waals surface area contributed by atoms with E-state index in [0.29, 0.717) is 12.1 Å². The predicted molar refractivity (Wildman–Crippen MR) is 79.2 cm³/mol. The molecule has 0 heterocycles. The molecule has 0 aliphatic rings. The van der Waals surface area contributed by atoms with E-state index in [-0.39, 0.29) is 16.8 Å². The van der Waals surface area contributed by atoms with Gasteiger partial charge in [-0.15, -0.1) is 0 Å². The summed E-state index contributed by atoms with van der Waals surface area (Å²) in [5.74, 6) is -0.184. The van der Waals surface area contributed by atoms with Gasteiger partial charge in [0, 0.05) is 32.2 Å². The topological polar surface area (TPSA) is 57.7 Å². The van der Waals surface area contributed by atoms with Crippen LogP contribution in [0, 0.1) is 0 Å². The molecule has 20 heavy (non-hydrogen) atoms. The van der Waals surface area contributed by atoms with Crippen LogP contribution in [0.4, 0.5) is 0 Å². The van der Waals surface area contributed by atoms with Gasteiger partial charge in [-0.1, -0.05) is 6.07 Å². The fraction of sp³-hybridized carbons (Fsp3) is 0.500. The third-order valence-electron chi connectivity index (χ3n) is 3.31. The van der Waals surface area contributed by atoms with Crippen molar-refractivity contribution < 1.29 is 13.2 Å². The number of hydrogen-bond acceptors (Lipinski definition) is 3. The van der Waals surface area contributed by atoms with Gasteiger partial charge in [0.1, 0.15) is 0 Å². The van der Waals surface area contributed by atoms with Gasteiger partial charge in [-0.05, 0) is 39.0 Å². The Balaban J connectivity index is 3.20. The molecule has 1 aromatic carbocycles. The summed E-state index contributed by atoms with van der Waals surface area (Å²) in [6.07, 6.45) is 0. The molecule has 0 radical (unpaired) electrons. The number of rotatable bonds is 5. The average Bonchev–Trinajstić information content (AvgIpc) is 2.44. The standard InChI is InChI=1S/C14H22N2O3S/c1-6-15(4)14(17)12-8-7-9-13(10-12)20(18,19)16(5)11(2)3/h7-11H,6H2,1-5H3. The number of nitrogens with zero attached hydrogens (tertiary/aromatic N) is 2. The molecule has 0 fully saturated rings. The fourth-order valence-electron chi connectivity index (χ4n) is 1.60. The molecular formula is C14H22N2O3S. The van der Waals surface area contributed by atoms with Crippen molar-refractivity contribution in [2.75, 3.05) is 20.6 Å². The molecule has 1 rings (SSSR count). The first kappa shape index (κ1) is 16.7. The van der Waals surface area contributed by atoms with E-state index in [2.05, 4.69) is 0 Å². The normalized spacial score (nSPS) is 11.9. The van der Waals surface area contributed by atoms with E-state index in [1.807, 2.05) is 6.92 Å². The highest BCUT2D eigenvalue weighted by Gasteiger charge is 2.24. The minimum Gasteiger partial charge on any atom is -0.342 e. The first-order chi connectivity index (χ1) is 9.21. The highest BCUT2D eigenvalue weighted by molar-refractivity contribution is 7.89. The quantitative estimate of drug-likeness (QED) is 0.833. The smallest absolute Gasteiger partial charge is 0.253 e. The molecule has 0 saturated heterocycles. The highest BCUT2D eigenvalue weighted by atomic mass is 32.2. The third-order valence-corrected chi connectivity index (χ3v) is 5.34. The minimum absolute atomic E-state index is 0.141. The monoisotopic (exact) mass is 298 g/mol. The molecule has 0 aliphatic carbocycles. The Morgan fingerprint density at radius 1 is 1.25 bits per heavy atom. The molecule has 6 heteroatoms. The maximum Gasteiger partial charge on any atom is 0.253 e. The second-order valence-electron chi connectivity index (χ2n) is 4.96. The van der Waals surface area contributed by atoms with Crippen LogP contribution in [-0.4, -0.2) is 50.2 Å². The van der Waals surface area contributed by atoms with Crippen molar-refractivity contribution in [1.29, 1.82) is 0 Å².